The third-order valence-electron chi connectivity index (χ3n) is 1.14. The molecule has 0 radical (unpaired) electrons. The van der Waals surface area contributed by atoms with Crippen LogP contribution in [0, 0.1) is 0 Å². The maximum atomic E-state index is 4.18. The summed E-state index contributed by atoms with van der Waals surface area (Å²) in [5, 5.41) is 0. The fourth-order valence-corrected chi connectivity index (χ4v) is 1.91. The highest BCUT2D eigenvalue weighted by molar-refractivity contribution is 8.05. The molecule has 0 aromatic heterocycles. The molecule has 1 nitrogen and oxygen atoms in total. The summed E-state index contributed by atoms with van der Waals surface area (Å²) in [4.78, 5) is 0. The molecular weight excluding hydrogens is 126 g/mol. The lowest BCUT2D eigenvalue weighted by Crippen LogP contribution is -2.08. The van der Waals surface area contributed by atoms with Crippen molar-refractivity contribution in [3.63, 3.8) is 0 Å². The van der Waals surface area contributed by atoms with E-state index in [0.29, 0.717) is 6.04 Å². The Kier molecular flexibility index (Phi) is 1.89. The molecule has 1 fully saturated rings. The van der Waals surface area contributed by atoms with Gasteiger partial charge in [0.15, 0.2) is 0 Å². The highest BCUT2D eigenvalue weighted by Gasteiger charge is 2.16. The van der Waals surface area contributed by atoms with Gasteiger partial charge in [-0.3, -0.25) is 0 Å². The van der Waals surface area contributed by atoms with Gasteiger partial charge < -0.3 is 0 Å². The summed E-state index contributed by atoms with van der Waals surface area (Å²) in [5.74, 6) is 1.24. The van der Waals surface area contributed by atoms with Crippen LogP contribution in [0.15, 0.2) is 0 Å². The van der Waals surface area contributed by atoms with E-state index in [1.807, 2.05) is 3.71 Å². The summed E-state index contributed by atoms with van der Waals surface area (Å²) in [7, 11) is 0. The fourth-order valence-electron chi connectivity index (χ4n) is 0.554. The molecule has 0 bridgehead atoms. The van der Waals surface area contributed by atoms with Crippen molar-refractivity contribution in [3.05, 3.63) is 0 Å². The fraction of sp³-hybridized carbons (Fsp3) is 1.00. The van der Waals surface area contributed by atoms with Gasteiger partial charge in [0.1, 0.15) is 0 Å². The first-order chi connectivity index (χ1) is 3.30. The summed E-state index contributed by atoms with van der Waals surface area (Å²) < 4.78 is 2.01. The Hall–Kier alpha value is 0.660. The van der Waals surface area contributed by atoms with E-state index in [1.54, 1.807) is 11.9 Å². The third kappa shape index (κ3) is 1.27. The molecule has 1 heterocycles. The van der Waals surface area contributed by atoms with Gasteiger partial charge >= 0.3 is 0 Å². The lowest BCUT2D eigenvalue weighted by Gasteiger charge is -2.08. The van der Waals surface area contributed by atoms with E-state index in [9.17, 15) is 0 Å². The minimum absolute atomic E-state index is 0.674. The van der Waals surface area contributed by atoms with Crippen LogP contribution in [0.25, 0.3) is 0 Å². The zero-order valence-electron chi connectivity index (χ0n) is 4.29. The van der Waals surface area contributed by atoms with Crippen molar-refractivity contribution in [2.75, 3.05) is 5.75 Å². The molecular formula is C4H9NS2. The minimum Gasteiger partial charge on any atom is -0.194 e. The average Bonchev–Trinajstić information content (AvgIpc) is 1.91. The predicted octanol–water partition coefficient (Wildman–Crippen LogP) is 1.57. The molecule has 0 aromatic rings. The van der Waals surface area contributed by atoms with Crippen LogP contribution in [0.5, 0.6) is 0 Å². The van der Waals surface area contributed by atoms with Crippen LogP contribution in [0.1, 0.15) is 13.3 Å². The van der Waals surface area contributed by atoms with E-state index < -0.39 is 0 Å². The van der Waals surface area contributed by atoms with Gasteiger partial charge in [0, 0.05) is 11.8 Å². The van der Waals surface area contributed by atoms with Crippen LogP contribution in [0.4, 0.5) is 0 Å². The van der Waals surface area contributed by atoms with Gasteiger partial charge in [0.25, 0.3) is 0 Å². The molecule has 42 valence electrons. The second kappa shape index (κ2) is 2.29. The molecule has 3 heteroatoms. The van der Waals surface area contributed by atoms with Crippen molar-refractivity contribution >= 4 is 24.8 Å². The molecule has 1 atom stereocenters. The van der Waals surface area contributed by atoms with E-state index in [1.165, 1.54) is 12.2 Å². The Bertz CT molecular complexity index is 58.7. The monoisotopic (exact) mass is 135 g/mol. The van der Waals surface area contributed by atoms with Gasteiger partial charge in [-0.1, -0.05) is 24.8 Å². The smallest absolute Gasteiger partial charge is 0.0292 e. The van der Waals surface area contributed by atoms with Crippen molar-refractivity contribution in [2.24, 2.45) is 0 Å². The first kappa shape index (κ1) is 5.79. The first-order valence-electron chi connectivity index (χ1n) is 2.42. The Morgan fingerprint density at radius 2 is 2.57 bits per heavy atom. The quantitative estimate of drug-likeness (QED) is 0.397. The van der Waals surface area contributed by atoms with Gasteiger partial charge in [-0.15, -0.1) is 0 Å². The SMILES string of the molecule is CC1CCSN1S. The van der Waals surface area contributed by atoms with Gasteiger partial charge in [-0.25, -0.2) is 0 Å². The Morgan fingerprint density at radius 3 is 2.71 bits per heavy atom. The third-order valence-corrected chi connectivity index (χ3v) is 2.92. The Balaban J connectivity index is 2.33. The van der Waals surface area contributed by atoms with Crippen LogP contribution in [0.3, 0.4) is 0 Å². The lowest BCUT2D eigenvalue weighted by molar-refractivity contribution is 0.577. The van der Waals surface area contributed by atoms with Crippen molar-refractivity contribution in [1.29, 1.82) is 0 Å². The topological polar surface area (TPSA) is 3.24 Å². The van der Waals surface area contributed by atoms with E-state index in [-0.39, 0.29) is 0 Å². The van der Waals surface area contributed by atoms with Gasteiger partial charge in [0.2, 0.25) is 0 Å². The minimum atomic E-state index is 0.674. The normalized spacial score (nSPS) is 34.3. The molecule has 0 aliphatic carbocycles. The Morgan fingerprint density at radius 1 is 1.86 bits per heavy atom. The zero-order chi connectivity index (χ0) is 5.28. The summed E-state index contributed by atoms with van der Waals surface area (Å²) in [5.41, 5.74) is 0. The zero-order valence-corrected chi connectivity index (χ0v) is 6.01. The van der Waals surface area contributed by atoms with E-state index in [4.69, 9.17) is 0 Å². The maximum Gasteiger partial charge on any atom is 0.0292 e. The Labute approximate surface area is 54.1 Å². The summed E-state index contributed by atoms with van der Waals surface area (Å²) in [6.07, 6.45) is 1.29. The number of nitrogens with zero attached hydrogens (tertiary/aromatic N) is 1. The molecule has 7 heavy (non-hydrogen) atoms. The van der Waals surface area contributed by atoms with E-state index in [2.05, 4.69) is 19.7 Å². The first-order valence-corrected chi connectivity index (χ1v) is 3.76. The molecule has 1 unspecified atom stereocenters. The molecule has 1 aliphatic heterocycles. The molecule has 0 N–H and O–H groups in total. The number of rotatable bonds is 0. The van der Waals surface area contributed by atoms with Gasteiger partial charge in [-0.2, -0.15) is 3.71 Å². The van der Waals surface area contributed by atoms with Crippen molar-refractivity contribution in [1.82, 2.24) is 3.71 Å². The van der Waals surface area contributed by atoms with Gasteiger partial charge in [-0.05, 0) is 13.3 Å². The van der Waals surface area contributed by atoms with Crippen molar-refractivity contribution < 1.29 is 0 Å². The summed E-state index contributed by atoms with van der Waals surface area (Å²) in [6, 6.07) is 0.674. The summed E-state index contributed by atoms with van der Waals surface area (Å²) in [6.45, 7) is 2.19. The number of hydrogen-bond donors (Lipinski definition) is 1. The second-order valence-corrected chi connectivity index (χ2v) is 3.53. The molecule has 0 saturated carbocycles. The second-order valence-electron chi connectivity index (χ2n) is 1.77. The van der Waals surface area contributed by atoms with Crippen LogP contribution in [0.2, 0.25) is 0 Å². The van der Waals surface area contributed by atoms with E-state index >= 15 is 0 Å². The van der Waals surface area contributed by atoms with Crippen LogP contribution in [-0.4, -0.2) is 15.5 Å². The molecule has 1 rings (SSSR count). The standard InChI is InChI=1S/C4H9NS2/c1-4-2-3-7-5(4)6/h4,6H,2-3H2,1H3. The van der Waals surface area contributed by atoms with Crippen LogP contribution in [-0.2, 0) is 0 Å². The molecule has 0 amide bonds. The lowest BCUT2D eigenvalue weighted by atomic mass is 10.3. The maximum absolute atomic E-state index is 4.18. The van der Waals surface area contributed by atoms with Gasteiger partial charge in [0.05, 0.1) is 0 Å². The molecule has 0 spiro atoms. The molecule has 0 aromatic carbocycles. The molecule has 1 aliphatic rings. The predicted molar refractivity (Wildman–Crippen MR) is 37.4 cm³/mol. The number of hydrogen-bond acceptors (Lipinski definition) is 3. The average molecular weight is 135 g/mol. The molecule has 1 saturated heterocycles. The highest BCUT2D eigenvalue weighted by Crippen LogP contribution is 2.27. The summed E-state index contributed by atoms with van der Waals surface area (Å²) >= 11 is 5.99. The van der Waals surface area contributed by atoms with E-state index in [0.717, 1.165) is 0 Å². The van der Waals surface area contributed by atoms with Crippen LogP contribution >= 0.6 is 24.8 Å². The number of thiol groups is 1. The largest absolute Gasteiger partial charge is 0.194 e. The van der Waals surface area contributed by atoms with Crippen molar-refractivity contribution in [3.8, 4) is 0 Å². The highest BCUT2D eigenvalue weighted by atomic mass is 32.2. The van der Waals surface area contributed by atoms with Crippen molar-refractivity contribution in [2.45, 2.75) is 19.4 Å². The van der Waals surface area contributed by atoms with Crippen LogP contribution < -0.4 is 0 Å².